The number of methoxy groups -OCH3 is 2. The Labute approximate surface area is 181 Å². The Morgan fingerprint density at radius 1 is 1.00 bits per heavy atom. The first-order chi connectivity index (χ1) is 14.8. The Hall–Kier alpha value is -2.91. The van der Waals surface area contributed by atoms with Gasteiger partial charge in [-0.1, -0.05) is 6.07 Å². The normalized spacial score (nSPS) is 15.3. The fourth-order valence-electron chi connectivity index (χ4n) is 3.36. The van der Waals surface area contributed by atoms with E-state index in [0.717, 1.165) is 12.8 Å². The standard InChI is InChI=1S/C22H25NO7S/c1-15(21(24)19-10-9-17(28-2)14-20(19)29-3)30-22(25)16-7-6-8-18(13-16)31(26,27)23-11-4-5-12-23/h6-10,13-15H,4-5,11-12H2,1-3H3/t15-/m0/s1. The van der Waals surface area contributed by atoms with E-state index in [0.29, 0.717) is 24.6 Å². The van der Waals surface area contributed by atoms with Gasteiger partial charge in [-0.25, -0.2) is 13.2 Å². The molecule has 1 aliphatic heterocycles. The van der Waals surface area contributed by atoms with Gasteiger partial charge in [-0.15, -0.1) is 0 Å². The molecule has 0 aromatic heterocycles. The van der Waals surface area contributed by atoms with Crippen molar-refractivity contribution < 1.29 is 32.2 Å². The highest BCUT2D eigenvalue weighted by Crippen LogP contribution is 2.27. The lowest BCUT2D eigenvalue weighted by Crippen LogP contribution is -2.28. The number of sulfonamides is 1. The lowest BCUT2D eigenvalue weighted by molar-refractivity contribution is 0.0317. The van der Waals surface area contributed by atoms with Gasteiger partial charge in [-0.2, -0.15) is 4.31 Å². The molecule has 0 bridgehead atoms. The second-order valence-electron chi connectivity index (χ2n) is 7.12. The Morgan fingerprint density at radius 3 is 2.35 bits per heavy atom. The number of carbonyl (C=O) groups is 2. The highest BCUT2D eigenvalue weighted by molar-refractivity contribution is 7.89. The van der Waals surface area contributed by atoms with Crippen LogP contribution in [0.4, 0.5) is 0 Å². The zero-order chi connectivity index (χ0) is 22.6. The molecule has 1 saturated heterocycles. The first-order valence-electron chi connectivity index (χ1n) is 9.85. The van der Waals surface area contributed by atoms with E-state index >= 15 is 0 Å². The van der Waals surface area contributed by atoms with Crippen molar-refractivity contribution in [1.82, 2.24) is 4.31 Å². The number of ether oxygens (including phenoxy) is 3. The number of ketones is 1. The van der Waals surface area contributed by atoms with Gasteiger partial charge in [-0.05, 0) is 50.1 Å². The third-order valence-electron chi connectivity index (χ3n) is 5.10. The van der Waals surface area contributed by atoms with E-state index < -0.39 is 27.9 Å². The van der Waals surface area contributed by atoms with E-state index in [4.69, 9.17) is 14.2 Å². The molecular weight excluding hydrogens is 422 g/mol. The van der Waals surface area contributed by atoms with Crippen LogP contribution in [-0.2, 0) is 14.8 Å². The SMILES string of the molecule is COc1ccc(C(=O)[C@H](C)OC(=O)c2cccc(S(=O)(=O)N3CCCC3)c2)c(OC)c1. The summed E-state index contributed by atoms with van der Waals surface area (Å²) >= 11 is 0. The van der Waals surface area contributed by atoms with Crippen LogP contribution in [-0.4, -0.2) is 57.9 Å². The van der Waals surface area contributed by atoms with E-state index in [9.17, 15) is 18.0 Å². The summed E-state index contributed by atoms with van der Waals surface area (Å²) in [5, 5.41) is 0. The minimum Gasteiger partial charge on any atom is -0.497 e. The van der Waals surface area contributed by atoms with Crippen LogP contribution >= 0.6 is 0 Å². The van der Waals surface area contributed by atoms with Crippen molar-refractivity contribution in [3.63, 3.8) is 0 Å². The molecule has 1 aliphatic rings. The molecule has 31 heavy (non-hydrogen) atoms. The third kappa shape index (κ3) is 4.88. The average molecular weight is 448 g/mol. The zero-order valence-corrected chi connectivity index (χ0v) is 18.5. The summed E-state index contributed by atoms with van der Waals surface area (Å²) in [6.07, 6.45) is 0.527. The maximum Gasteiger partial charge on any atom is 0.338 e. The molecule has 0 N–H and O–H groups in total. The van der Waals surface area contributed by atoms with E-state index in [2.05, 4.69) is 0 Å². The van der Waals surface area contributed by atoms with E-state index in [1.165, 1.54) is 55.8 Å². The van der Waals surface area contributed by atoms with Gasteiger partial charge in [0.2, 0.25) is 15.8 Å². The summed E-state index contributed by atoms with van der Waals surface area (Å²) in [7, 11) is -0.744. The van der Waals surface area contributed by atoms with E-state index in [1.54, 1.807) is 12.1 Å². The highest BCUT2D eigenvalue weighted by Gasteiger charge is 2.28. The predicted octanol–water partition coefficient (Wildman–Crippen LogP) is 2.92. The number of hydrogen-bond acceptors (Lipinski definition) is 7. The number of rotatable bonds is 8. The number of carbonyl (C=O) groups excluding carboxylic acids is 2. The summed E-state index contributed by atoms with van der Waals surface area (Å²) in [6, 6.07) is 10.4. The first kappa shape index (κ1) is 22.8. The van der Waals surface area contributed by atoms with Gasteiger partial charge < -0.3 is 14.2 Å². The highest BCUT2D eigenvalue weighted by atomic mass is 32.2. The topological polar surface area (TPSA) is 99.2 Å². The van der Waals surface area contributed by atoms with Gasteiger partial charge in [0, 0.05) is 19.2 Å². The fraction of sp³-hybridized carbons (Fsp3) is 0.364. The van der Waals surface area contributed by atoms with Crippen molar-refractivity contribution in [3.05, 3.63) is 53.6 Å². The van der Waals surface area contributed by atoms with E-state index in [-0.39, 0.29) is 16.0 Å². The van der Waals surface area contributed by atoms with Gasteiger partial charge in [0.1, 0.15) is 11.5 Å². The van der Waals surface area contributed by atoms with Gasteiger partial charge in [0.25, 0.3) is 0 Å². The largest absolute Gasteiger partial charge is 0.497 e. The molecule has 1 fully saturated rings. The third-order valence-corrected chi connectivity index (χ3v) is 6.99. The minimum absolute atomic E-state index is 0.0275. The molecule has 166 valence electrons. The molecule has 0 saturated carbocycles. The predicted molar refractivity (Wildman–Crippen MR) is 113 cm³/mol. The number of esters is 1. The Balaban J connectivity index is 1.76. The Bertz CT molecular complexity index is 1080. The monoisotopic (exact) mass is 447 g/mol. The second-order valence-corrected chi connectivity index (χ2v) is 9.05. The van der Waals surface area contributed by atoms with Crippen LogP contribution in [0.15, 0.2) is 47.4 Å². The summed E-state index contributed by atoms with van der Waals surface area (Å²) in [6.45, 7) is 2.38. The van der Waals surface area contributed by atoms with Crippen molar-refractivity contribution in [1.29, 1.82) is 0 Å². The summed E-state index contributed by atoms with van der Waals surface area (Å²) < 4.78 is 42.6. The zero-order valence-electron chi connectivity index (χ0n) is 17.7. The Kier molecular flexibility index (Phi) is 6.97. The smallest absolute Gasteiger partial charge is 0.338 e. The molecule has 8 nitrogen and oxygen atoms in total. The molecule has 0 amide bonds. The van der Waals surface area contributed by atoms with Crippen molar-refractivity contribution in [2.45, 2.75) is 30.8 Å². The lowest BCUT2D eigenvalue weighted by atomic mass is 10.1. The van der Waals surface area contributed by atoms with Crippen LogP contribution in [0.1, 0.15) is 40.5 Å². The molecular formula is C22H25NO7S. The Morgan fingerprint density at radius 2 is 1.71 bits per heavy atom. The molecule has 1 heterocycles. The average Bonchev–Trinajstić information content (AvgIpc) is 3.34. The molecule has 2 aromatic rings. The van der Waals surface area contributed by atoms with Gasteiger partial charge >= 0.3 is 5.97 Å². The summed E-state index contributed by atoms with van der Waals surface area (Å²) in [4.78, 5) is 25.4. The minimum atomic E-state index is -3.67. The quantitative estimate of drug-likeness (QED) is 0.453. The summed E-state index contributed by atoms with van der Waals surface area (Å²) in [5.41, 5.74) is 0.301. The molecule has 2 aromatic carbocycles. The van der Waals surface area contributed by atoms with Gasteiger partial charge in [0.15, 0.2) is 6.10 Å². The maximum absolute atomic E-state index is 12.8. The van der Waals surface area contributed by atoms with Gasteiger partial charge in [0.05, 0.1) is 30.2 Å². The molecule has 0 unspecified atom stereocenters. The first-order valence-corrected chi connectivity index (χ1v) is 11.3. The second kappa shape index (κ2) is 9.49. The van der Waals surface area contributed by atoms with Crippen LogP contribution in [0.5, 0.6) is 11.5 Å². The summed E-state index contributed by atoms with van der Waals surface area (Å²) in [5.74, 6) is -0.416. The molecule has 3 rings (SSSR count). The number of hydrogen-bond donors (Lipinski definition) is 0. The number of nitrogens with zero attached hydrogens (tertiary/aromatic N) is 1. The van der Waals surface area contributed by atoms with Gasteiger partial charge in [-0.3, -0.25) is 4.79 Å². The molecule has 0 spiro atoms. The maximum atomic E-state index is 12.8. The molecule has 1 atom stereocenters. The molecule has 0 radical (unpaired) electrons. The van der Waals surface area contributed by atoms with Crippen molar-refractivity contribution >= 4 is 21.8 Å². The van der Waals surface area contributed by atoms with Crippen molar-refractivity contribution in [2.24, 2.45) is 0 Å². The van der Waals surface area contributed by atoms with Crippen LogP contribution in [0.3, 0.4) is 0 Å². The molecule has 9 heteroatoms. The van der Waals surface area contributed by atoms with Crippen LogP contribution in [0.25, 0.3) is 0 Å². The van der Waals surface area contributed by atoms with E-state index in [1.807, 2.05) is 0 Å². The number of benzene rings is 2. The van der Waals surface area contributed by atoms with Crippen LogP contribution in [0, 0.1) is 0 Å². The fourth-order valence-corrected chi connectivity index (χ4v) is 4.93. The van der Waals surface area contributed by atoms with Crippen LogP contribution < -0.4 is 9.47 Å². The van der Waals surface area contributed by atoms with Crippen LogP contribution in [0.2, 0.25) is 0 Å². The molecule has 0 aliphatic carbocycles. The lowest BCUT2D eigenvalue weighted by Gasteiger charge is -2.17. The van der Waals surface area contributed by atoms with Crippen molar-refractivity contribution in [3.8, 4) is 11.5 Å². The number of Topliss-reactive ketones (excluding diaryl/α,β-unsaturated/α-hetero) is 1. The van der Waals surface area contributed by atoms with Crippen molar-refractivity contribution in [2.75, 3.05) is 27.3 Å².